The number of aromatic amines is 1. The van der Waals surface area contributed by atoms with E-state index in [1.54, 1.807) is 0 Å². The Morgan fingerprint density at radius 1 is 1.35 bits per heavy atom. The molecule has 0 radical (unpaired) electrons. The lowest BCUT2D eigenvalue weighted by Gasteiger charge is -2.15. The highest BCUT2D eigenvalue weighted by atomic mass is 32.1. The highest BCUT2D eigenvalue weighted by molar-refractivity contribution is 7.19. The molecule has 0 saturated carbocycles. The van der Waals surface area contributed by atoms with Crippen LogP contribution in [0.1, 0.15) is 52.1 Å². The summed E-state index contributed by atoms with van der Waals surface area (Å²) in [6, 6.07) is -0.210. The van der Waals surface area contributed by atoms with Gasteiger partial charge in [0.05, 0.1) is 23.2 Å². The number of amides is 1. The van der Waals surface area contributed by atoms with Gasteiger partial charge in [0.2, 0.25) is 0 Å². The maximum atomic E-state index is 13.5. The minimum atomic E-state index is -0.785. The van der Waals surface area contributed by atoms with Crippen LogP contribution < -0.4 is 11.2 Å². The van der Waals surface area contributed by atoms with Gasteiger partial charge in [0.25, 0.3) is 11.5 Å². The molecule has 1 saturated heterocycles. The molecule has 11 heteroatoms. The summed E-state index contributed by atoms with van der Waals surface area (Å²) in [5.74, 6) is -0.498. The lowest BCUT2D eigenvalue weighted by molar-refractivity contribution is -0.0778. The Bertz CT molecular complexity index is 1280. The van der Waals surface area contributed by atoms with Gasteiger partial charge in [-0.05, 0) is 27.7 Å². The summed E-state index contributed by atoms with van der Waals surface area (Å²) in [7, 11) is 1.41. The number of nitrogens with one attached hydrogen (secondary N) is 1. The van der Waals surface area contributed by atoms with Crippen LogP contribution in [0, 0.1) is 13.8 Å². The first-order valence-electron chi connectivity index (χ1n) is 10.0. The average Bonchev–Trinajstić information content (AvgIpc) is 3.39. The number of aliphatic hydroxyl groups is 1. The highest BCUT2D eigenvalue weighted by Crippen LogP contribution is 2.34. The van der Waals surface area contributed by atoms with Gasteiger partial charge in [-0.1, -0.05) is 0 Å². The SMILES string of the molecule is Cc1n[nH]c(C)c1Cc1sc2c(c1C(=O)N1C[C@H](O)CO1)c(=O)n(C)c(=O)n2C(C)C. The summed E-state index contributed by atoms with van der Waals surface area (Å²) in [5, 5.41) is 18.3. The van der Waals surface area contributed by atoms with Crippen molar-refractivity contribution in [3.8, 4) is 0 Å². The number of H-pyrrole nitrogens is 1. The second kappa shape index (κ2) is 7.74. The number of aryl methyl sites for hydroxylation is 2. The topological polar surface area (TPSA) is 122 Å². The summed E-state index contributed by atoms with van der Waals surface area (Å²) in [6.07, 6.45) is -0.409. The van der Waals surface area contributed by atoms with E-state index in [1.807, 2.05) is 27.7 Å². The number of aliphatic hydroxyl groups excluding tert-OH is 1. The predicted octanol–water partition coefficient (Wildman–Crippen LogP) is 1.02. The number of hydroxylamine groups is 2. The van der Waals surface area contributed by atoms with Crippen LogP contribution in [-0.2, 0) is 18.3 Å². The zero-order valence-electron chi connectivity index (χ0n) is 18.1. The zero-order valence-corrected chi connectivity index (χ0v) is 18.9. The van der Waals surface area contributed by atoms with Crippen molar-refractivity contribution in [2.45, 2.75) is 46.3 Å². The van der Waals surface area contributed by atoms with E-state index >= 15 is 0 Å². The minimum absolute atomic E-state index is 0.0117. The van der Waals surface area contributed by atoms with E-state index < -0.39 is 23.3 Å². The molecule has 166 valence electrons. The molecule has 4 heterocycles. The van der Waals surface area contributed by atoms with Crippen molar-refractivity contribution in [2.75, 3.05) is 13.2 Å². The van der Waals surface area contributed by atoms with Crippen LogP contribution in [0.15, 0.2) is 9.59 Å². The molecule has 3 aromatic rings. The van der Waals surface area contributed by atoms with Crippen LogP contribution in [0.5, 0.6) is 0 Å². The van der Waals surface area contributed by atoms with Crippen LogP contribution in [-0.4, -0.2) is 54.7 Å². The number of carbonyl (C=O) groups excluding carboxylic acids is 1. The fourth-order valence-electron chi connectivity index (χ4n) is 3.88. The van der Waals surface area contributed by atoms with Crippen molar-refractivity contribution in [1.82, 2.24) is 24.4 Å². The molecule has 0 aromatic carbocycles. The predicted molar refractivity (Wildman–Crippen MR) is 116 cm³/mol. The van der Waals surface area contributed by atoms with Crippen molar-refractivity contribution in [2.24, 2.45) is 7.05 Å². The molecular formula is C20H25N5O5S. The van der Waals surface area contributed by atoms with Crippen molar-refractivity contribution in [3.63, 3.8) is 0 Å². The third-order valence-corrected chi connectivity index (χ3v) is 6.76. The van der Waals surface area contributed by atoms with Gasteiger partial charge in [-0.3, -0.25) is 28.7 Å². The molecule has 1 amide bonds. The van der Waals surface area contributed by atoms with E-state index in [2.05, 4.69) is 10.2 Å². The number of aromatic nitrogens is 4. The molecule has 10 nitrogen and oxygen atoms in total. The van der Waals surface area contributed by atoms with Gasteiger partial charge in [0, 0.05) is 35.6 Å². The van der Waals surface area contributed by atoms with Gasteiger partial charge < -0.3 is 5.11 Å². The maximum absolute atomic E-state index is 13.5. The second-order valence-corrected chi connectivity index (χ2v) is 9.18. The Labute approximate surface area is 181 Å². The number of β-amino-alcohol motifs (C(OH)–C–C–N with tert-alkyl or cyclic N) is 1. The van der Waals surface area contributed by atoms with E-state index in [0.717, 1.165) is 26.6 Å². The van der Waals surface area contributed by atoms with Gasteiger partial charge in [0.15, 0.2) is 0 Å². The number of nitrogens with zero attached hydrogens (tertiary/aromatic N) is 4. The normalized spacial score (nSPS) is 16.7. The smallest absolute Gasteiger partial charge is 0.332 e. The molecule has 0 unspecified atom stereocenters. The Balaban J connectivity index is 2.02. The van der Waals surface area contributed by atoms with Crippen molar-refractivity contribution in [1.29, 1.82) is 0 Å². The number of hydrogen-bond acceptors (Lipinski definition) is 7. The van der Waals surface area contributed by atoms with Crippen LogP contribution in [0.25, 0.3) is 10.2 Å². The summed E-state index contributed by atoms with van der Waals surface area (Å²) in [5.41, 5.74) is 1.86. The molecule has 1 aliphatic rings. The Hall–Kier alpha value is -2.76. The summed E-state index contributed by atoms with van der Waals surface area (Å²) in [6.45, 7) is 7.51. The fraction of sp³-hybridized carbons (Fsp3) is 0.500. The van der Waals surface area contributed by atoms with Gasteiger partial charge in [-0.15, -0.1) is 11.3 Å². The lowest BCUT2D eigenvalue weighted by Crippen LogP contribution is -2.39. The van der Waals surface area contributed by atoms with Crippen molar-refractivity contribution >= 4 is 27.5 Å². The molecule has 1 atom stereocenters. The number of rotatable bonds is 4. The lowest BCUT2D eigenvalue weighted by atomic mass is 10.0. The van der Waals surface area contributed by atoms with Crippen LogP contribution in [0.4, 0.5) is 0 Å². The first-order valence-corrected chi connectivity index (χ1v) is 10.8. The summed E-state index contributed by atoms with van der Waals surface area (Å²) < 4.78 is 2.57. The number of hydrogen-bond donors (Lipinski definition) is 2. The van der Waals surface area contributed by atoms with Crippen LogP contribution in [0.3, 0.4) is 0 Å². The monoisotopic (exact) mass is 447 g/mol. The van der Waals surface area contributed by atoms with E-state index in [-0.39, 0.29) is 30.1 Å². The van der Waals surface area contributed by atoms with Gasteiger partial charge in [-0.25, -0.2) is 9.86 Å². The van der Waals surface area contributed by atoms with Crippen molar-refractivity contribution < 1.29 is 14.7 Å². The zero-order chi connectivity index (χ0) is 22.6. The third kappa shape index (κ3) is 3.42. The molecule has 0 spiro atoms. The van der Waals surface area contributed by atoms with Crippen LogP contribution in [0.2, 0.25) is 0 Å². The Kier molecular flexibility index (Phi) is 5.36. The summed E-state index contributed by atoms with van der Waals surface area (Å²) in [4.78, 5) is 45.9. The number of carbonyl (C=O) groups is 1. The molecule has 2 N–H and O–H groups in total. The quantitative estimate of drug-likeness (QED) is 0.616. The first-order chi connectivity index (χ1) is 14.6. The average molecular weight is 448 g/mol. The standard InChI is InChI=1S/C20H25N5O5S/c1-9(2)25-19-16(17(27)23(5)20(25)29)15(18(28)24-7-12(26)8-30-24)14(31-19)6-13-10(3)21-22-11(13)4/h9,12,26H,6-8H2,1-5H3,(H,21,22)/t12-/m0/s1. The molecule has 1 aliphatic heterocycles. The molecule has 0 bridgehead atoms. The largest absolute Gasteiger partial charge is 0.389 e. The highest BCUT2D eigenvalue weighted by Gasteiger charge is 2.33. The third-order valence-electron chi connectivity index (χ3n) is 5.57. The molecule has 31 heavy (non-hydrogen) atoms. The van der Waals surface area contributed by atoms with E-state index in [1.165, 1.54) is 23.0 Å². The molecular weight excluding hydrogens is 422 g/mol. The minimum Gasteiger partial charge on any atom is -0.389 e. The second-order valence-electron chi connectivity index (χ2n) is 8.10. The number of thiophene rings is 1. The van der Waals surface area contributed by atoms with Gasteiger partial charge in [0.1, 0.15) is 17.5 Å². The maximum Gasteiger partial charge on any atom is 0.332 e. The number of fused-ring (bicyclic) bond motifs is 1. The fourth-order valence-corrected chi connectivity index (χ4v) is 5.30. The molecule has 3 aromatic heterocycles. The summed E-state index contributed by atoms with van der Waals surface area (Å²) >= 11 is 1.26. The van der Waals surface area contributed by atoms with E-state index in [0.29, 0.717) is 16.1 Å². The molecule has 1 fully saturated rings. The van der Waals surface area contributed by atoms with E-state index in [9.17, 15) is 19.5 Å². The van der Waals surface area contributed by atoms with E-state index in [4.69, 9.17) is 4.84 Å². The Morgan fingerprint density at radius 3 is 2.61 bits per heavy atom. The van der Waals surface area contributed by atoms with Gasteiger partial charge >= 0.3 is 5.69 Å². The van der Waals surface area contributed by atoms with Crippen molar-refractivity contribution in [3.05, 3.63) is 48.2 Å². The first kappa shape index (κ1) is 21.5. The molecule has 0 aliphatic carbocycles. The van der Waals surface area contributed by atoms with Crippen LogP contribution >= 0.6 is 11.3 Å². The molecule has 4 rings (SSSR count). The Morgan fingerprint density at radius 2 is 2.06 bits per heavy atom. The van der Waals surface area contributed by atoms with Gasteiger partial charge in [-0.2, -0.15) is 5.10 Å².